The molecule has 2 N–H and O–H groups in total. The number of likely N-dealkylation sites (tertiary alicyclic amines) is 1. The van der Waals surface area contributed by atoms with Gasteiger partial charge in [-0.1, -0.05) is 44.5 Å². The van der Waals surface area contributed by atoms with Gasteiger partial charge in [-0.15, -0.1) is 0 Å². The fourth-order valence-corrected chi connectivity index (χ4v) is 4.16. The summed E-state index contributed by atoms with van der Waals surface area (Å²) in [6, 6.07) is 12.4. The van der Waals surface area contributed by atoms with Crippen LogP contribution in [0.4, 0.5) is 14.9 Å². The Morgan fingerprint density at radius 1 is 1.24 bits per heavy atom. The number of nitrogens with zero attached hydrogens (tertiary/aromatic N) is 1. The van der Waals surface area contributed by atoms with Gasteiger partial charge in [0.05, 0.1) is 0 Å². The first kappa shape index (κ1) is 21.4. The number of hydrogen-bond donors (Lipinski definition) is 2. The first-order valence-electron chi connectivity index (χ1n) is 9.92. The average Bonchev–Trinajstić information content (AvgIpc) is 2.65. The molecule has 1 fully saturated rings. The zero-order valence-electron chi connectivity index (χ0n) is 17.1. The zero-order valence-corrected chi connectivity index (χ0v) is 17.8. The Balaban J connectivity index is 1.79. The molecule has 0 bridgehead atoms. The molecule has 156 valence electrons. The highest BCUT2D eigenvalue weighted by Gasteiger charge is 2.38. The second-order valence-corrected chi connectivity index (χ2v) is 9.26. The second-order valence-electron chi connectivity index (χ2n) is 8.83. The van der Waals surface area contributed by atoms with Crippen LogP contribution in [0.5, 0.6) is 0 Å². The molecule has 4 nitrogen and oxygen atoms in total. The van der Waals surface area contributed by atoms with Gasteiger partial charge in [0.1, 0.15) is 5.82 Å². The van der Waals surface area contributed by atoms with Crippen molar-refractivity contribution in [1.29, 1.82) is 0 Å². The molecule has 0 aromatic heterocycles. The number of amides is 1. The van der Waals surface area contributed by atoms with Crippen LogP contribution in [0.25, 0.3) is 0 Å². The third kappa shape index (κ3) is 5.41. The van der Waals surface area contributed by atoms with E-state index in [2.05, 4.69) is 26.1 Å². The van der Waals surface area contributed by atoms with Gasteiger partial charge in [0.25, 0.3) is 0 Å². The van der Waals surface area contributed by atoms with Gasteiger partial charge in [0.15, 0.2) is 0 Å². The SMILES string of the molecule is CC(C)(C)C1CC(Nc2ccc(F)cc2Cc2ccc(Cl)cc2)CCN1C(=O)O. The van der Waals surface area contributed by atoms with Crippen molar-refractivity contribution < 1.29 is 14.3 Å². The fraction of sp³-hybridized carbons (Fsp3) is 0.435. The average molecular weight is 419 g/mol. The molecular formula is C23H28ClFN2O2. The topological polar surface area (TPSA) is 52.6 Å². The van der Waals surface area contributed by atoms with E-state index in [0.717, 1.165) is 23.2 Å². The van der Waals surface area contributed by atoms with Gasteiger partial charge in [-0.25, -0.2) is 9.18 Å². The third-order valence-electron chi connectivity index (χ3n) is 5.58. The van der Waals surface area contributed by atoms with Gasteiger partial charge < -0.3 is 15.3 Å². The van der Waals surface area contributed by atoms with Crippen LogP contribution in [0.2, 0.25) is 5.02 Å². The summed E-state index contributed by atoms with van der Waals surface area (Å²) in [5.74, 6) is -0.271. The molecule has 1 amide bonds. The summed E-state index contributed by atoms with van der Waals surface area (Å²) >= 11 is 5.97. The number of hydrogen-bond acceptors (Lipinski definition) is 2. The normalized spacial score (nSPS) is 19.8. The first-order valence-corrected chi connectivity index (χ1v) is 10.3. The smallest absolute Gasteiger partial charge is 0.407 e. The highest BCUT2D eigenvalue weighted by Crippen LogP contribution is 2.34. The summed E-state index contributed by atoms with van der Waals surface area (Å²) in [7, 11) is 0. The molecule has 2 aromatic rings. The molecule has 1 heterocycles. The van der Waals surface area contributed by atoms with Crippen LogP contribution < -0.4 is 5.32 Å². The van der Waals surface area contributed by atoms with E-state index in [-0.39, 0.29) is 23.3 Å². The van der Waals surface area contributed by atoms with Crippen LogP contribution in [0.3, 0.4) is 0 Å². The number of halogens is 2. The summed E-state index contributed by atoms with van der Waals surface area (Å²) in [6.07, 6.45) is 1.16. The number of carboxylic acid groups (broad SMARTS) is 1. The van der Waals surface area contributed by atoms with Crippen LogP contribution in [-0.4, -0.2) is 34.7 Å². The Labute approximate surface area is 176 Å². The summed E-state index contributed by atoms with van der Waals surface area (Å²) in [4.78, 5) is 13.2. The predicted molar refractivity (Wildman–Crippen MR) is 115 cm³/mol. The maximum absolute atomic E-state index is 13.9. The molecule has 0 radical (unpaired) electrons. The summed E-state index contributed by atoms with van der Waals surface area (Å²) in [5, 5.41) is 13.8. The Morgan fingerprint density at radius 2 is 1.93 bits per heavy atom. The number of rotatable bonds is 4. The van der Waals surface area contributed by atoms with Crippen LogP contribution in [-0.2, 0) is 6.42 Å². The van der Waals surface area contributed by atoms with Gasteiger partial charge in [0, 0.05) is 29.3 Å². The van der Waals surface area contributed by atoms with Gasteiger partial charge in [-0.05, 0) is 66.1 Å². The van der Waals surface area contributed by atoms with Crippen molar-refractivity contribution in [3.63, 3.8) is 0 Å². The van der Waals surface area contributed by atoms with Crippen molar-refractivity contribution in [1.82, 2.24) is 4.90 Å². The summed E-state index contributed by atoms with van der Waals surface area (Å²) < 4.78 is 13.9. The predicted octanol–water partition coefficient (Wildman–Crippen LogP) is 6.04. The Bertz CT molecular complexity index is 864. The van der Waals surface area contributed by atoms with Gasteiger partial charge in [-0.3, -0.25) is 0 Å². The fourth-order valence-electron chi connectivity index (χ4n) is 4.04. The Morgan fingerprint density at radius 3 is 2.55 bits per heavy atom. The van der Waals surface area contributed by atoms with Crippen molar-refractivity contribution in [2.75, 3.05) is 11.9 Å². The number of anilines is 1. The van der Waals surface area contributed by atoms with E-state index in [1.807, 2.05) is 24.3 Å². The van der Waals surface area contributed by atoms with E-state index in [4.69, 9.17) is 11.6 Å². The van der Waals surface area contributed by atoms with E-state index < -0.39 is 6.09 Å². The van der Waals surface area contributed by atoms with Crippen molar-refractivity contribution in [2.24, 2.45) is 5.41 Å². The minimum Gasteiger partial charge on any atom is -0.465 e. The van der Waals surface area contributed by atoms with Crippen molar-refractivity contribution in [2.45, 2.75) is 52.1 Å². The molecule has 1 saturated heterocycles. The Hall–Kier alpha value is -2.27. The van der Waals surface area contributed by atoms with Gasteiger partial charge in [-0.2, -0.15) is 0 Å². The van der Waals surface area contributed by atoms with E-state index in [1.54, 1.807) is 17.0 Å². The molecular weight excluding hydrogens is 391 g/mol. The number of nitrogens with one attached hydrogen (secondary N) is 1. The van der Waals surface area contributed by atoms with Gasteiger partial charge in [0.2, 0.25) is 0 Å². The number of piperidine rings is 1. The molecule has 0 spiro atoms. The molecule has 1 aliphatic heterocycles. The summed E-state index contributed by atoms with van der Waals surface area (Å²) in [5.41, 5.74) is 2.66. The van der Waals surface area contributed by atoms with Crippen molar-refractivity contribution in [3.05, 3.63) is 64.4 Å². The molecule has 2 atom stereocenters. The lowest BCUT2D eigenvalue weighted by Crippen LogP contribution is -2.54. The molecule has 0 saturated carbocycles. The van der Waals surface area contributed by atoms with Gasteiger partial charge >= 0.3 is 6.09 Å². The Kier molecular flexibility index (Phi) is 6.37. The molecule has 6 heteroatoms. The molecule has 0 aliphatic carbocycles. The van der Waals surface area contributed by atoms with E-state index in [1.165, 1.54) is 6.07 Å². The largest absolute Gasteiger partial charge is 0.465 e. The van der Waals surface area contributed by atoms with Crippen LogP contribution in [0, 0.1) is 11.2 Å². The van der Waals surface area contributed by atoms with E-state index >= 15 is 0 Å². The molecule has 29 heavy (non-hydrogen) atoms. The van der Waals surface area contributed by atoms with E-state index in [0.29, 0.717) is 24.4 Å². The maximum Gasteiger partial charge on any atom is 0.407 e. The quantitative estimate of drug-likeness (QED) is 0.636. The van der Waals surface area contributed by atoms with Crippen molar-refractivity contribution >= 4 is 23.4 Å². The highest BCUT2D eigenvalue weighted by atomic mass is 35.5. The molecule has 3 rings (SSSR count). The minimum absolute atomic E-state index is 0.0774. The number of benzene rings is 2. The van der Waals surface area contributed by atoms with Crippen LogP contribution in [0.1, 0.15) is 44.7 Å². The number of carbonyl (C=O) groups is 1. The first-order chi connectivity index (χ1) is 13.6. The summed E-state index contributed by atoms with van der Waals surface area (Å²) in [6.45, 7) is 6.70. The van der Waals surface area contributed by atoms with Crippen LogP contribution >= 0.6 is 11.6 Å². The monoisotopic (exact) mass is 418 g/mol. The third-order valence-corrected chi connectivity index (χ3v) is 5.83. The lowest BCUT2D eigenvalue weighted by Gasteiger charge is -2.45. The molecule has 2 unspecified atom stereocenters. The minimum atomic E-state index is -0.867. The second kappa shape index (κ2) is 8.62. The highest BCUT2D eigenvalue weighted by molar-refractivity contribution is 6.30. The molecule has 1 aliphatic rings. The standard InChI is InChI=1S/C23H28ClFN2O2/c1-23(2,3)21-14-19(10-11-27(21)22(28)29)26-20-9-8-18(25)13-16(20)12-15-4-6-17(24)7-5-15/h4-9,13,19,21,26H,10-12,14H2,1-3H3,(H,28,29). The van der Waals surface area contributed by atoms with Crippen molar-refractivity contribution in [3.8, 4) is 0 Å². The van der Waals surface area contributed by atoms with E-state index in [9.17, 15) is 14.3 Å². The lowest BCUT2D eigenvalue weighted by atomic mass is 9.79. The molecule has 2 aromatic carbocycles. The van der Waals surface area contributed by atoms with Crippen LogP contribution in [0.15, 0.2) is 42.5 Å². The zero-order chi connectivity index (χ0) is 21.2. The maximum atomic E-state index is 13.9. The lowest BCUT2D eigenvalue weighted by molar-refractivity contribution is 0.0557.